The standard InChI is InChI=1S/C16H19BrN2O/c1-12-10-16(18-11-14(12)17)19(2)9-8-13-6-4-5-7-15(13)20-3/h4-7,10-11H,8-9H2,1-3H3. The van der Waals surface area contributed by atoms with Gasteiger partial charge in [-0.1, -0.05) is 18.2 Å². The molecule has 0 aliphatic rings. The Labute approximate surface area is 128 Å². The predicted octanol–water partition coefficient (Wildman–Crippen LogP) is 3.84. The van der Waals surface area contributed by atoms with Crippen LogP contribution in [0, 0.1) is 6.92 Å². The number of rotatable bonds is 5. The number of aromatic nitrogens is 1. The van der Waals surface area contributed by atoms with Crippen LogP contribution in [0.1, 0.15) is 11.1 Å². The first-order valence-electron chi connectivity index (χ1n) is 6.57. The van der Waals surface area contributed by atoms with Crippen molar-refractivity contribution >= 4 is 21.7 Å². The van der Waals surface area contributed by atoms with Gasteiger partial charge in [0, 0.05) is 24.3 Å². The van der Waals surface area contributed by atoms with E-state index in [1.807, 2.05) is 24.4 Å². The summed E-state index contributed by atoms with van der Waals surface area (Å²) < 4.78 is 6.42. The van der Waals surface area contributed by atoms with Crippen LogP contribution in [0.25, 0.3) is 0 Å². The van der Waals surface area contributed by atoms with E-state index in [9.17, 15) is 0 Å². The predicted molar refractivity (Wildman–Crippen MR) is 86.6 cm³/mol. The minimum atomic E-state index is 0.897. The highest BCUT2D eigenvalue weighted by Gasteiger charge is 2.07. The molecule has 3 nitrogen and oxygen atoms in total. The Morgan fingerprint density at radius 2 is 2.05 bits per heavy atom. The molecular weight excluding hydrogens is 316 g/mol. The largest absolute Gasteiger partial charge is 0.496 e. The number of nitrogens with zero attached hydrogens (tertiary/aromatic N) is 2. The molecule has 0 radical (unpaired) electrons. The van der Waals surface area contributed by atoms with E-state index in [1.165, 1.54) is 11.1 Å². The van der Waals surface area contributed by atoms with E-state index in [0.29, 0.717) is 0 Å². The molecule has 0 N–H and O–H groups in total. The average molecular weight is 335 g/mol. The Balaban J connectivity index is 2.04. The molecule has 0 bridgehead atoms. The summed E-state index contributed by atoms with van der Waals surface area (Å²) in [6.45, 7) is 2.97. The van der Waals surface area contributed by atoms with Gasteiger partial charge in [0.15, 0.2) is 0 Å². The summed E-state index contributed by atoms with van der Waals surface area (Å²) in [4.78, 5) is 6.60. The molecule has 0 aliphatic heterocycles. The van der Waals surface area contributed by atoms with Crippen molar-refractivity contribution in [2.75, 3.05) is 25.6 Å². The molecule has 2 rings (SSSR count). The van der Waals surface area contributed by atoms with Crippen LogP contribution in [-0.4, -0.2) is 25.7 Å². The van der Waals surface area contributed by atoms with E-state index >= 15 is 0 Å². The Hall–Kier alpha value is -1.55. The van der Waals surface area contributed by atoms with Gasteiger partial charge in [0.2, 0.25) is 0 Å². The first-order chi connectivity index (χ1) is 9.61. The fourth-order valence-corrected chi connectivity index (χ4v) is 2.26. The highest BCUT2D eigenvalue weighted by molar-refractivity contribution is 9.10. The molecule has 0 atom stereocenters. The van der Waals surface area contributed by atoms with Gasteiger partial charge in [0.1, 0.15) is 11.6 Å². The van der Waals surface area contributed by atoms with Crippen molar-refractivity contribution < 1.29 is 4.74 Å². The lowest BCUT2D eigenvalue weighted by Crippen LogP contribution is -2.21. The lowest BCUT2D eigenvalue weighted by atomic mass is 10.1. The van der Waals surface area contributed by atoms with Crippen molar-refractivity contribution in [3.05, 3.63) is 52.1 Å². The fraction of sp³-hybridized carbons (Fsp3) is 0.312. The second-order valence-electron chi connectivity index (χ2n) is 4.78. The number of para-hydroxylation sites is 1. The second-order valence-corrected chi connectivity index (χ2v) is 5.63. The summed E-state index contributed by atoms with van der Waals surface area (Å²) in [6, 6.07) is 10.2. The summed E-state index contributed by atoms with van der Waals surface area (Å²) in [6.07, 6.45) is 2.78. The summed E-state index contributed by atoms with van der Waals surface area (Å²) >= 11 is 3.48. The van der Waals surface area contributed by atoms with Gasteiger partial charge < -0.3 is 9.64 Å². The third-order valence-electron chi connectivity index (χ3n) is 3.33. The van der Waals surface area contributed by atoms with Crippen LogP contribution in [0.15, 0.2) is 41.0 Å². The lowest BCUT2D eigenvalue weighted by molar-refractivity contribution is 0.409. The van der Waals surface area contributed by atoms with E-state index in [1.54, 1.807) is 7.11 Å². The molecule has 1 aromatic heterocycles. The van der Waals surface area contributed by atoms with Crippen LogP contribution < -0.4 is 9.64 Å². The highest BCUT2D eigenvalue weighted by atomic mass is 79.9. The van der Waals surface area contributed by atoms with E-state index in [4.69, 9.17) is 4.74 Å². The second kappa shape index (κ2) is 6.75. The Morgan fingerprint density at radius 1 is 1.30 bits per heavy atom. The summed E-state index contributed by atoms with van der Waals surface area (Å²) in [5.41, 5.74) is 2.41. The van der Waals surface area contributed by atoms with Crippen molar-refractivity contribution in [2.45, 2.75) is 13.3 Å². The molecule has 0 fully saturated rings. The number of aryl methyl sites for hydroxylation is 1. The molecule has 1 heterocycles. The van der Waals surface area contributed by atoms with E-state index in [-0.39, 0.29) is 0 Å². The van der Waals surface area contributed by atoms with Gasteiger partial charge in [0.25, 0.3) is 0 Å². The number of halogens is 1. The Morgan fingerprint density at radius 3 is 2.75 bits per heavy atom. The zero-order valence-corrected chi connectivity index (χ0v) is 13.6. The molecule has 4 heteroatoms. The SMILES string of the molecule is COc1ccccc1CCN(C)c1cc(C)c(Br)cn1. The normalized spacial score (nSPS) is 10.4. The van der Waals surface area contributed by atoms with Gasteiger partial charge in [-0.15, -0.1) is 0 Å². The first kappa shape index (κ1) is 14.9. The number of likely N-dealkylation sites (N-methyl/N-ethyl adjacent to an activating group) is 1. The molecule has 0 saturated carbocycles. The molecule has 20 heavy (non-hydrogen) atoms. The molecular formula is C16H19BrN2O. The first-order valence-corrected chi connectivity index (χ1v) is 7.36. The molecule has 106 valence electrons. The zero-order chi connectivity index (χ0) is 14.5. The maximum atomic E-state index is 5.38. The summed E-state index contributed by atoms with van der Waals surface area (Å²) in [7, 11) is 3.77. The minimum Gasteiger partial charge on any atom is -0.496 e. The van der Waals surface area contributed by atoms with Crippen molar-refractivity contribution in [1.29, 1.82) is 0 Å². The highest BCUT2D eigenvalue weighted by Crippen LogP contribution is 2.21. The molecule has 0 saturated heterocycles. The molecule has 0 amide bonds. The van der Waals surface area contributed by atoms with Gasteiger partial charge in [-0.05, 0) is 52.5 Å². The van der Waals surface area contributed by atoms with Crippen LogP contribution in [0.5, 0.6) is 5.75 Å². The van der Waals surface area contributed by atoms with Crippen LogP contribution in [-0.2, 0) is 6.42 Å². The Bertz CT molecular complexity index is 586. The maximum Gasteiger partial charge on any atom is 0.128 e. The fourth-order valence-electron chi connectivity index (χ4n) is 2.05. The van der Waals surface area contributed by atoms with E-state index in [2.05, 4.69) is 51.9 Å². The molecule has 0 unspecified atom stereocenters. The zero-order valence-electron chi connectivity index (χ0n) is 12.1. The minimum absolute atomic E-state index is 0.897. The van der Waals surface area contributed by atoms with Crippen LogP contribution in [0.3, 0.4) is 0 Å². The summed E-state index contributed by atoms with van der Waals surface area (Å²) in [5.74, 6) is 1.93. The lowest BCUT2D eigenvalue weighted by Gasteiger charge is -2.19. The van der Waals surface area contributed by atoms with Crippen LogP contribution in [0.4, 0.5) is 5.82 Å². The van der Waals surface area contributed by atoms with Crippen molar-refractivity contribution in [3.63, 3.8) is 0 Å². The van der Waals surface area contributed by atoms with Gasteiger partial charge in [0.05, 0.1) is 7.11 Å². The van der Waals surface area contributed by atoms with Crippen molar-refractivity contribution in [2.24, 2.45) is 0 Å². The molecule has 1 aromatic carbocycles. The van der Waals surface area contributed by atoms with E-state index in [0.717, 1.165) is 29.0 Å². The van der Waals surface area contributed by atoms with Gasteiger partial charge in [-0.25, -0.2) is 4.98 Å². The molecule has 0 aliphatic carbocycles. The van der Waals surface area contributed by atoms with Crippen LogP contribution >= 0.6 is 15.9 Å². The maximum absolute atomic E-state index is 5.38. The van der Waals surface area contributed by atoms with Crippen molar-refractivity contribution in [1.82, 2.24) is 4.98 Å². The number of hydrogen-bond acceptors (Lipinski definition) is 3. The molecule has 2 aromatic rings. The third kappa shape index (κ3) is 3.51. The van der Waals surface area contributed by atoms with Gasteiger partial charge in [-0.2, -0.15) is 0 Å². The topological polar surface area (TPSA) is 25.4 Å². The number of hydrogen-bond donors (Lipinski definition) is 0. The number of benzene rings is 1. The van der Waals surface area contributed by atoms with Gasteiger partial charge in [-0.3, -0.25) is 0 Å². The van der Waals surface area contributed by atoms with E-state index < -0.39 is 0 Å². The number of pyridine rings is 1. The number of methoxy groups -OCH3 is 1. The average Bonchev–Trinajstić information content (AvgIpc) is 2.47. The summed E-state index contributed by atoms with van der Waals surface area (Å²) in [5, 5.41) is 0. The smallest absolute Gasteiger partial charge is 0.128 e. The monoisotopic (exact) mass is 334 g/mol. The molecule has 0 spiro atoms. The number of anilines is 1. The van der Waals surface area contributed by atoms with Gasteiger partial charge >= 0.3 is 0 Å². The Kier molecular flexibility index (Phi) is 5.01. The quantitative estimate of drug-likeness (QED) is 0.830. The number of ether oxygens (including phenoxy) is 1. The van der Waals surface area contributed by atoms with Crippen LogP contribution in [0.2, 0.25) is 0 Å². The third-order valence-corrected chi connectivity index (χ3v) is 4.16. The van der Waals surface area contributed by atoms with Crippen molar-refractivity contribution in [3.8, 4) is 5.75 Å².